The molecule has 0 saturated carbocycles. The van der Waals surface area contributed by atoms with E-state index in [0.717, 1.165) is 37.7 Å². The minimum Gasteiger partial charge on any atom is -0.497 e. The van der Waals surface area contributed by atoms with Crippen molar-refractivity contribution in [1.29, 1.82) is 0 Å². The van der Waals surface area contributed by atoms with Crippen molar-refractivity contribution in [2.45, 2.75) is 0 Å². The van der Waals surface area contributed by atoms with Gasteiger partial charge in [0.2, 0.25) is 0 Å². The number of rotatable bonds is 7. The molecule has 0 amide bonds. The van der Waals surface area contributed by atoms with Crippen LogP contribution in [0.2, 0.25) is 0 Å². The first-order valence-electron chi connectivity index (χ1n) is 9.27. The summed E-state index contributed by atoms with van der Waals surface area (Å²) < 4.78 is 22.7. The molecular weight excluding hydrogens is 385 g/mol. The molecule has 0 atom stereocenters. The van der Waals surface area contributed by atoms with Gasteiger partial charge in [-0.15, -0.1) is 11.3 Å². The normalized spacial score (nSPS) is 11.2. The van der Waals surface area contributed by atoms with Gasteiger partial charge < -0.3 is 9.47 Å². The molecule has 0 aliphatic carbocycles. The molecule has 146 valence electrons. The SMILES string of the molecule is COc1ccc(/C=C/c2ccc3cc(-c4ccc(OCCF)cc4)sc3n2)cc1. The zero-order valence-electron chi connectivity index (χ0n) is 16.0. The number of hydrogen-bond acceptors (Lipinski definition) is 4. The molecule has 0 N–H and O–H groups in total. The summed E-state index contributed by atoms with van der Waals surface area (Å²) >= 11 is 1.65. The first-order chi connectivity index (χ1) is 14.2. The lowest BCUT2D eigenvalue weighted by Crippen LogP contribution is -1.97. The molecule has 2 aromatic heterocycles. The molecular formula is C24H20FNO2S. The molecule has 0 fully saturated rings. The molecule has 29 heavy (non-hydrogen) atoms. The van der Waals surface area contributed by atoms with E-state index in [1.54, 1.807) is 18.4 Å². The predicted octanol–water partition coefficient (Wildman–Crippen LogP) is 6.49. The van der Waals surface area contributed by atoms with Gasteiger partial charge in [0.25, 0.3) is 0 Å². The number of hydrogen-bond donors (Lipinski definition) is 0. The highest BCUT2D eigenvalue weighted by Crippen LogP contribution is 2.33. The van der Waals surface area contributed by atoms with E-state index in [4.69, 9.17) is 14.5 Å². The van der Waals surface area contributed by atoms with Crippen LogP contribution < -0.4 is 9.47 Å². The van der Waals surface area contributed by atoms with Crippen molar-refractivity contribution in [3.05, 3.63) is 78.0 Å². The third kappa shape index (κ3) is 4.63. The fourth-order valence-electron chi connectivity index (χ4n) is 2.94. The van der Waals surface area contributed by atoms with E-state index in [2.05, 4.69) is 12.1 Å². The Morgan fingerprint density at radius 1 is 0.931 bits per heavy atom. The maximum Gasteiger partial charge on any atom is 0.124 e. The van der Waals surface area contributed by atoms with E-state index in [-0.39, 0.29) is 6.61 Å². The summed E-state index contributed by atoms with van der Waals surface area (Å²) in [6.07, 6.45) is 4.05. The smallest absolute Gasteiger partial charge is 0.124 e. The quantitative estimate of drug-likeness (QED) is 0.352. The fourth-order valence-corrected chi connectivity index (χ4v) is 3.98. The first kappa shape index (κ1) is 19.2. The van der Waals surface area contributed by atoms with Crippen LogP contribution >= 0.6 is 11.3 Å². The Kier molecular flexibility index (Phi) is 5.86. The lowest BCUT2D eigenvalue weighted by molar-refractivity contribution is 0.273. The van der Waals surface area contributed by atoms with Gasteiger partial charge in [-0.3, -0.25) is 0 Å². The summed E-state index contributed by atoms with van der Waals surface area (Å²) in [4.78, 5) is 6.90. The summed E-state index contributed by atoms with van der Waals surface area (Å²) in [5.74, 6) is 1.52. The predicted molar refractivity (Wildman–Crippen MR) is 118 cm³/mol. The number of halogens is 1. The van der Waals surface area contributed by atoms with Gasteiger partial charge in [0.15, 0.2) is 0 Å². The molecule has 0 unspecified atom stereocenters. The van der Waals surface area contributed by atoms with Gasteiger partial charge in [0.1, 0.15) is 29.6 Å². The van der Waals surface area contributed by atoms with Crippen LogP contribution in [0.25, 0.3) is 32.8 Å². The van der Waals surface area contributed by atoms with Gasteiger partial charge in [-0.1, -0.05) is 18.2 Å². The van der Waals surface area contributed by atoms with Crippen LogP contribution in [0.3, 0.4) is 0 Å². The van der Waals surface area contributed by atoms with Gasteiger partial charge >= 0.3 is 0 Å². The van der Waals surface area contributed by atoms with Crippen molar-refractivity contribution >= 4 is 33.7 Å². The number of pyridine rings is 1. The second-order valence-corrected chi connectivity index (χ2v) is 7.44. The van der Waals surface area contributed by atoms with Crippen LogP contribution in [0.15, 0.2) is 66.7 Å². The Labute approximate surface area is 173 Å². The van der Waals surface area contributed by atoms with E-state index in [9.17, 15) is 4.39 Å². The third-order valence-corrected chi connectivity index (χ3v) is 5.55. The summed E-state index contributed by atoms with van der Waals surface area (Å²) in [6.45, 7) is -0.405. The average molecular weight is 405 g/mol. The van der Waals surface area contributed by atoms with Crippen LogP contribution in [-0.2, 0) is 0 Å². The molecule has 0 spiro atoms. The zero-order chi connectivity index (χ0) is 20.1. The molecule has 0 saturated heterocycles. The summed E-state index contributed by atoms with van der Waals surface area (Å²) in [6, 6.07) is 21.9. The standard InChI is InChI=1S/C24H20FNO2S/c1-27-21-10-3-17(4-11-21)2-8-20-9-5-19-16-23(29-24(19)26-20)18-6-12-22(13-7-18)28-15-14-25/h2-13,16H,14-15H2,1H3/b8-2+. The molecule has 3 nitrogen and oxygen atoms in total. The molecule has 2 heterocycles. The summed E-state index contributed by atoms with van der Waals surface area (Å²) in [5.41, 5.74) is 3.10. The Morgan fingerprint density at radius 3 is 2.41 bits per heavy atom. The molecule has 0 radical (unpaired) electrons. The number of methoxy groups -OCH3 is 1. The van der Waals surface area contributed by atoms with E-state index < -0.39 is 6.67 Å². The van der Waals surface area contributed by atoms with E-state index >= 15 is 0 Å². The van der Waals surface area contributed by atoms with Gasteiger partial charge in [0.05, 0.1) is 12.8 Å². The van der Waals surface area contributed by atoms with Crippen molar-refractivity contribution in [2.24, 2.45) is 0 Å². The minimum atomic E-state index is -0.487. The zero-order valence-corrected chi connectivity index (χ0v) is 16.8. The van der Waals surface area contributed by atoms with E-state index in [1.807, 2.05) is 66.7 Å². The highest BCUT2D eigenvalue weighted by Gasteiger charge is 2.06. The molecule has 4 aromatic rings. The molecule has 2 aromatic carbocycles. The van der Waals surface area contributed by atoms with Gasteiger partial charge in [0, 0.05) is 10.3 Å². The Bertz CT molecular complexity index is 1120. The van der Waals surface area contributed by atoms with Gasteiger partial charge in [-0.05, 0) is 71.8 Å². The van der Waals surface area contributed by atoms with E-state index in [1.165, 1.54) is 0 Å². The lowest BCUT2D eigenvalue weighted by Gasteiger charge is -2.03. The summed E-state index contributed by atoms with van der Waals surface area (Å²) in [5, 5.41) is 1.12. The average Bonchev–Trinajstić information content (AvgIpc) is 3.20. The van der Waals surface area contributed by atoms with Crippen molar-refractivity contribution in [3.63, 3.8) is 0 Å². The largest absolute Gasteiger partial charge is 0.497 e. The molecule has 0 aliphatic heterocycles. The molecule has 4 rings (SSSR count). The molecule has 0 bridgehead atoms. The van der Waals surface area contributed by atoms with Crippen LogP contribution in [-0.4, -0.2) is 25.4 Å². The van der Waals surface area contributed by atoms with Crippen molar-refractivity contribution < 1.29 is 13.9 Å². The van der Waals surface area contributed by atoms with Crippen molar-refractivity contribution in [2.75, 3.05) is 20.4 Å². The number of alkyl halides is 1. The Balaban J connectivity index is 1.53. The highest BCUT2D eigenvalue weighted by atomic mass is 32.1. The van der Waals surface area contributed by atoms with Gasteiger partial charge in [-0.25, -0.2) is 9.37 Å². The maximum absolute atomic E-state index is 12.2. The Hall–Kier alpha value is -3.18. The number of thiophene rings is 1. The van der Waals surface area contributed by atoms with Crippen molar-refractivity contribution in [1.82, 2.24) is 4.98 Å². The minimum absolute atomic E-state index is 0.0823. The molecule has 0 aliphatic rings. The second-order valence-electron chi connectivity index (χ2n) is 6.41. The van der Waals surface area contributed by atoms with Crippen molar-refractivity contribution in [3.8, 4) is 21.9 Å². The second kappa shape index (κ2) is 8.88. The first-order valence-corrected chi connectivity index (χ1v) is 10.1. The van der Waals surface area contributed by atoms with Crippen LogP contribution in [0.1, 0.15) is 11.3 Å². The number of benzene rings is 2. The summed E-state index contributed by atoms with van der Waals surface area (Å²) in [7, 11) is 1.66. The Morgan fingerprint density at radius 2 is 1.69 bits per heavy atom. The number of nitrogens with zero attached hydrogens (tertiary/aromatic N) is 1. The third-order valence-electron chi connectivity index (χ3n) is 4.45. The van der Waals surface area contributed by atoms with E-state index in [0.29, 0.717) is 5.75 Å². The number of ether oxygens (including phenoxy) is 2. The number of aromatic nitrogens is 1. The van der Waals surface area contributed by atoms with Crippen LogP contribution in [0.4, 0.5) is 4.39 Å². The monoisotopic (exact) mass is 405 g/mol. The lowest BCUT2D eigenvalue weighted by atomic mass is 10.1. The fraction of sp³-hybridized carbons (Fsp3) is 0.125. The topological polar surface area (TPSA) is 31.4 Å². The van der Waals surface area contributed by atoms with Gasteiger partial charge in [-0.2, -0.15) is 0 Å². The molecule has 5 heteroatoms. The highest BCUT2D eigenvalue weighted by molar-refractivity contribution is 7.21. The van der Waals surface area contributed by atoms with Crippen LogP contribution in [0.5, 0.6) is 11.5 Å². The number of fused-ring (bicyclic) bond motifs is 1. The maximum atomic E-state index is 12.2. The van der Waals surface area contributed by atoms with Crippen LogP contribution in [0, 0.1) is 0 Å².